The zero-order chi connectivity index (χ0) is 29.3. The van der Waals surface area contributed by atoms with E-state index < -0.39 is 21.2 Å². The van der Waals surface area contributed by atoms with E-state index in [1.807, 2.05) is 0 Å². The van der Waals surface area contributed by atoms with Crippen molar-refractivity contribution in [3.63, 3.8) is 0 Å². The Kier molecular flexibility index (Phi) is 22.3. The molecular formula is C20H37N5O13. The molecule has 18 heteroatoms. The van der Waals surface area contributed by atoms with Crippen LogP contribution in [0.3, 0.4) is 0 Å². The molecule has 38 heavy (non-hydrogen) atoms. The molecular weight excluding hydrogens is 518 g/mol. The summed E-state index contributed by atoms with van der Waals surface area (Å²) in [6.45, 7) is 2.23. The van der Waals surface area contributed by atoms with Gasteiger partial charge in [-0.2, -0.15) is 0 Å². The number of primary amides is 1. The Morgan fingerprint density at radius 2 is 1.34 bits per heavy atom. The number of amides is 2. The molecule has 1 rings (SSSR count). The van der Waals surface area contributed by atoms with Crippen LogP contribution in [0.2, 0.25) is 0 Å². The van der Waals surface area contributed by atoms with Gasteiger partial charge in [-0.15, -0.1) is 30.3 Å². The van der Waals surface area contributed by atoms with Crippen molar-refractivity contribution in [3.8, 4) is 0 Å². The molecule has 0 atom stereocenters. The number of nitrogens with zero attached hydrogens (tertiary/aromatic N) is 3. The van der Waals surface area contributed by atoms with Crippen molar-refractivity contribution < 1.29 is 48.9 Å². The fraction of sp³-hybridized carbons (Fsp3) is 0.850. The fourth-order valence-electron chi connectivity index (χ4n) is 2.98. The highest BCUT2D eigenvalue weighted by atomic mass is 17.0. The zero-order valence-corrected chi connectivity index (χ0v) is 21.6. The molecule has 3 N–H and O–H groups in total. The normalized spacial score (nSPS) is 15.6. The van der Waals surface area contributed by atoms with Crippen LogP contribution in [0, 0.1) is 36.3 Å². The van der Waals surface area contributed by atoms with E-state index in [0.29, 0.717) is 64.4 Å². The van der Waals surface area contributed by atoms with Gasteiger partial charge in [0.2, 0.25) is 11.8 Å². The molecule has 0 aromatic heterocycles. The van der Waals surface area contributed by atoms with Crippen LogP contribution in [0.25, 0.3) is 0 Å². The molecule has 18 nitrogen and oxygen atoms in total. The van der Waals surface area contributed by atoms with Gasteiger partial charge in [0.25, 0.3) is 15.3 Å². The summed E-state index contributed by atoms with van der Waals surface area (Å²) in [5, 5.41) is 29.3. The molecule has 0 saturated heterocycles. The van der Waals surface area contributed by atoms with Crippen LogP contribution in [0.5, 0.6) is 0 Å². The van der Waals surface area contributed by atoms with Gasteiger partial charge >= 0.3 is 5.97 Å². The van der Waals surface area contributed by atoms with Crippen LogP contribution in [0.4, 0.5) is 0 Å². The molecule has 220 valence electrons. The third kappa shape index (κ3) is 25.1. The van der Waals surface area contributed by atoms with Crippen molar-refractivity contribution in [2.24, 2.45) is 11.7 Å². The highest BCUT2D eigenvalue weighted by molar-refractivity contribution is 5.75. The predicted molar refractivity (Wildman–Crippen MR) is 127 cm³/mol. The summed E-state index contributed by atoms with van der Waals surface area (Å²) in [5.74, 6) is -0.768. The highest BCUT2D eigenvalue weighted by Crippen LogP contribution is 2.27. The minimum Gasteiger partial charge on any atom is -0.466 e. The average molecular weight is 556 g/mol. The summed E-state index contributed by atoms with van der Waals surface area (Å²) in [6, 6.07) is 0. The van der Waals surface area contributed by atoms with Crippen LogP contribution < -0.4 is 11.1 Å². The summed E-state index contributed by atoms with van der Waals surface area (Å²) in [5.41, 5.74) is 4.82. The van der Waals surface area contributed by atoms with Crippen LogP contribution in [-0.2, 0) is 33.6 Å². The molecule has 0 heterocycles. The molecule has 0 aromatic carbocycles. The number of carbonyl (C=O) groups is 3. The van der Waals surface area contributed by atoms with Crippen molar-refractivity contribution in [1.29, 1.82) is 0 Å². The summed E-state index contributed by atoms with van der Waals surface area (Å²) in [4.78, 5) is 73.9. The minimum absolute atomic E-state index is 0.0281. The quantitative estimate of drug-likeness (QED) is 0.118. The fourth-order valence-corrected chi connectivity index (χ4v) is 2.98. The van der Waals surface area contributed by atoms with Gasteiger partial charge in [-0.25, -0.2) is 0 Å². The Labute approximate surface area is 218 Å². The number of unbranched alkanes of at least 4 members (excludes halogenated alkanes) is 2. The predicted octanol–water partition coefficient (Wildman–Crippen LogP) is 1.28. The first kappa shape index (κ1) is 36.2. The first-order chi connectivity index (χ1) is 17.9. The Morgan fingerprint density at radius 1 is 0.842 bits per heavy atom. The largest absolute Gasteiger partial charge is 0.466 e. The maximum Gasteiger partial charge on any atom is 0.308 e. The van der Waals surface area contributed by atoms with Crippen molar-refractivity contribution >= 4 is 17.8 Å². The lowest BCUT2D eigenvalue weighted by molar-refractivity contribution is -0.769. The SMILES string of the molecule is CCOC(=O)C1CCC(O[N+](=O)[O-])CC1.CNC(=O)CCCCO[N+](=O)[O-].NC(=O)CCCCO[N+](=O)[O-]. The van der Waals surface area contributed by atoms with E-state index in [-0.39, 0.29) is 43.5 Å². The van der Waals surface area contributed by atoms with Gasteiger partial charge in [-0.05, 0) is 58.3 Å². The van der Waals surface area contributed by atoms with Gasteiger partial charge in [0.05, 0.1) is 25.7 Å². The van der Waals surface area contributed by atoms with Crippen LogP contribution in [0.1, 0.15) is 71.1 Å². The number of ether oxygens (including phenoxy) is 1. The van der Waals surface area contributed by atoms with E-state index >= 15 is 0 Å². The van der Waals surface area contributed by atoms with E-state index in [1.165, 1.54) is 0 Å². The average Bonchev–Trinajstić information content (AvgIpc) is 2.84. The lowest BCUT2D eigenvalue weighted by Crippen LogP contribution is -2.28. The second-order valence-electron chi connectivity index (χ2n) is 7.72. The summed E-state index contributed by atoms with van der Waals surface area (Å²) < 4.78 is 4.88. The Hall–Kier alpha value is -3.99. The number of esters is 1. The maximum absolute atomic E-state index is 11.3. The van der Waals surface area contributed by atoms with Crippen LogP contribution in [-0.4, -0.2) is 66.0 Å². The Bertz CT molecular complexity index is 714. The second kappa shape index (κ2) is 23.4. The lowest BCUT2D eigenvalue weighted by Gasteiger charge is -2.25. The van der Waals surface area contributed by atoms with Gasteiger partial charge < -0.3 is 30.3 Å². The molecule has 0 aromatic rings. The smallest absolute Gasteiger partial charge is 0.308 e. The molecule has 1 fully saturated rings. The van der Waals surface area contributed by atoms with Crippen LogP contribution >= 0.6 is 0 Å². The molecule has 0 spiro atoms. The van der Waals surface area contributed by atoms with Gasteiger partial charge in [-0.1, -0.05) is 0 Å². The Morgan fingerprint density at radius 3 is 1.74 bits per heavy atom. The number of carbonyl (C=O) groups excluding carboxylic acids is 3. The Balaban J connectivity index is 0. The number of rotatable bonds is 16. The minimum atomic E-state index is -0.857. The van der Waals surface area contributed by atoms with Gasteiger partial charge in [0.1, 0.15) is 6.10 Å². The summed E-state index contributed by atoms with van der Waals surface area (Å²) >= 11 is 0. The second-order valence-corrected chi connectivity index (χ2v) is 7.72. The van der Waals surface area contributed by atoms with E-state index in [2.05, 4.69) is 19.8 Å². The number of nitrogens with one attached hydrogen (secondary N) is 1. The molecule has 0 aliphatic heterocycles. The van der Waals surface area contributed by atoms with E-state index in [1.54, 1.807) is 14.0 Å². The zero-order valence-electron chi connectivity index (χ0n) is 21.6. The first-order valence-corrected chi connectivity index (χ1v) is 11.9. The van der Waals surface area contributed by atoms with E-state index in [4.69, 9.17) is 10.5 Å². The molecule has 0 radical (unpaired) electrons. The number of hydrogen-bond acceptors (Lipinski definition) is 13. The van der Waals surface area contributed by atoms with Gasteiger partial charge in [0, 0.05) is 19.9 Å². The monoisotopic (exact) mass is 555 g/mol. The van der Waals surface area contributed by atoms with Crippen LogP contribution in [0.15, 0.2) is 0 Å². The van der Waals surface area contributed by atoms with Gasteiger partial charge in [-0.3, -0.25) is 14.4 Å². The third-order valence-electron chi connectivity index (χ3n) is 4.82. The summed E-state index contributed by atoms with van der Waals surface area (Å²) in [7, 11) is 1.55. The third-order valence-corrected chi connectivity index (χ3v) is 4.82. The maximum atomic E-state index is 11.3. The summed E-state index contributed by atoms with van der Waals surface area (Å²) in [6.07, 6.45) is 4.72. The van der Waals surface area contributed by atoms with Gasteiger partial charge in [0.15, 0.2) is 0 Å². The van der Waals surface area contributed by atoms with E-state index in [9.17, 15) is 44.7 Å². The highest BCUT2D eigenvalue weighted by Gasteiger charge is 2.28. The van der Waals surface area contributed by atoms with Crippen molar-refractivity contribution in [3.05, 3.63) is 30.3 Å². The van der Waals surface area contributed by atoms with E-state index in [0.717, 1.165) is 0 Å². The molecule has 1 aliphatic carbocycles. The molecule has 2 amide bonds. The molecule has 0 unspecified atom stereocenters. The topological polar surface area (TPSA) is 256 Å². The first-order valence-electron chi connectivity index (χ1n) is 11.9. The number of nitrogens with two attached hydrogens (primary N) is 1. The number of hydrogen-bond donors (Lipinski definition) is 2. The molecule has 1 aliphatic rings. The molecule has 1 saturated carbocycles. The van der Waals surface area contributed by atoms with Crippen molar-refractivity contribution in [2.75, 3.05) is 26.9 Å². The molecule has 0 bridgehead atoms. The van der Waals surface area contributed by atoms with Crippen molar-refractivity contribution in [1.82, 2.24) is 5.32 Å². The lowest BCUT2D eigenvalue weighted by atomic mass is 9.87. The standard InChI is InChI=1S/C9H15NO5.C6H12N2O4.C5H10N2O4/c1-2-14-9(11)7-3-5-8(6-4-7)15-10(12)13;1-7-6(9)4-2-3-5-12-8(10)11;6-5(8)3-1-2-4-11-7(9)10/h7-8H,2-6H2,1H3;2-5H2,1H3,(H,7,9);1-4H2,(H2,6,8). The van der Waals surface area contributed by atoms with Crippen molar-refractivity contribution in [2.45, 2.75) is 77.2 Å².